The van der Waals surface area contributed by atoms with Gasteiger partial charge in [0, 0.05) is 22.6 Å². The number of carbonyl (C=O) groups is 1. The number of thiophene rings is 1. The average Bonchev–Trinajstić information content (AvgIpc) is 3.31. The summed E-state index contributed by atoms with van der Waals surface area (Å²) in [6.07, 6.45) is 1.19. The number of aryl methyl sites for hydroxylation is 1. The minimum absolute atomic E-state index is 0.0823. The lowest BCUT2D eigenvalue weighted by atomic mass is 9.74. The largest absolute Gasteiger partial charge is 0.508 e. The number of nitrogens with zero attached hydrogens (tertiary/aromatic N) is 1. The van der Waals surface area contributed by atoms with E-state index in [9.17, 15) is 9.90 Å². The van der Waals surface area contributed by atoms with E-state index in [1.165, 1.54) is 0 Å². The molecule has 6 heteroatoms. The van der Waals surface area contributed by atoms with Crippen LogP contribution in [-0.2, 0) is 4.79 Å². The van der Waals surface area contributed by atoms with Crippen molar-refractivity contribution in [2.45, 2.75) is 31.6 Å². The van der Waals surface area contributed by atoms with Gasteiger partial charge in [-0.2, -0.15) is 0 Å². The van der Waals surface area contributed by atoms with Crippen LogP contribution >= 0.6 is 11.3 Å². The van der Waals surface area contributed by atoms with Crippen molar-refractivity contribution in [1.29, 1.82) is 0 Å². The molecule has 2 atom stereocenters. The summed E-state index contributed by atoms with van der Waals surface area (Å²) in [6, 6.07) is 11.2. The van der Waals surface area contributed by atoms with E-state index in [-0.39, 0.29) is 23.4 Å². The first-order valence-electron chi connectivity index (χ1n) is 8.93. The molecule has 3 heterocycles. The Kier molecular flexibility index (Phi) is 3.68. The Morgan fingerprint density at radius 1 is 1.22 bits per heavy atom. The van der Waals surface area contributed by atoms with E-state index in [0.717, 1.165) is 39.4 Å². The van der Waals surface area contributed by atoms with Crippen LogP contribution in [0.1, 0.15) is 46.4 Å². The number of anilines is 1. The second-order valence-corrected chi connectivity index (χ2v) is 8.08. The summed E-state index contributed by atoms with van der Waals surface area (Å²) in [4.78, 5) is 14.4. The quantitative estimate of drug-likeness (QED) is 0.675. The molecule has 1 aliphatic heterocycles. The zero-order valence-corrected chi connectivity index (χ0v) is 15.5. The predicted molar refractivity (Wildman–Crippen MR) is 103 cm³/mol. The van der Waals surface area contributed by atoms with Crippen molar-refractivity contribution in [1.82, 2.24) is 5.16 Å². The molecule has 5 rings (SSSR count). The first-order chi connectivity index (χ1) is 13.1. The number of Topliss-reactive ketones (excluding diaryl/α,β-unsaturated/α-hetero) is 1. The number of phenolic OH excluding ortho intramolecular Hbond substituents is 1. The van der Waals surface area contributed by atoms with Gasteiger partial charge in [0.25, 0.3) is 0 Å². The third-order valence-corrected chi connectivity index (χ3v) is 6.39. The van der Waals surface area contributed by atoms with Gasteiger partial charge >= 0.3 is 0 Å². The van der Waals surface area contributed by atoms with E-state index >= 15 is 0 Å². The minimum Gasteiger partial charge on any atom is -0.508 e. The third-order valence-electron chi connectivity index (χ3n) is 5.45. The van der Waals surface area contributed by atoms with Crippen molar-refractivity contribution >= 4 is 23.0 Å². The Balaban J connectivity index is 1.60. The van der Waals surface area contributed by atoms with Crippen LogP contribution in [-0.4, -0.2) is 16.0 Å². The molecule has 27 heavy (non-hydrogen) atoms. The third kappa shape index (κ3) is 2.59. The molecule has 2 aliphatic rings. The highest BCUT2D eigenvalue weighted by Gasteiger charge is 2.41. The highest BCUT2D eigenvalue weighted by atomic mass is 32.1. The number of aromatic nitrogens is 1. The number of hydrogen-bond acceptors (Lipinski definition) is 6. The van der Waals surface area contributed by atoms with Gasteiger partial charge in [-0.25, -0.2) is 0 Å². The van der Waals surface area contributed by atoms with Crippen LogP contribution in [0.4, 0.5) is 5.88 Å². The molecule has 0 bridgehead atoms. The molecule has 0 spiro atoms. The Morgan fingerprint density at radius 3 is 2.78 bits per heavy atom. The lowest BCUT2D eigenvalue weighted by molar-refractivity contribution is -0.116. The summed E-state index contributed by atoms with van der Waals surface area (Å²) in [5.41, 5.74) is 4.60. The van der Waals surface area contributed by atoms with Gasteiger partial charge in [-0.05, 0) is 48.4 Å². The molecule has 1 aliphatic carbocycles. The highest BCUT2D eigenvalue weighted by molar-refractivity contribution is 7.10. The molecule has 0 saturated carbocycles. The van der Waals surface area contributed by atoms with Crippen LogP contribution < -0.4 is 5.32 Å². The van der Waals surface area contributed by atoms with Crippen LogP contribution in [0.2, 0.25) is 0 Å². The van der Waals surface area contributed by atoms with Crippen LogP contribution in [0.5, 0.6) is 5.75 Å². The molecule has 0 amide bonds. The van der Waals surface area contributed by atoms with Crippen molar-refractivity contribution in [2.75, 3.05) is 5.32 Å². The Bertz CT molecular complexity index is 1050. The van der Waals surface area contributed by atoms with Gasteiger partial charge < -0.3 is 14.9 Å². The smallest absolute Gasteiger partial charge is 0.233 e. The molecule has 0 radical (unpaired) electrons. The van der Waals surface area contributed by atoms with Crippen LogP contribution in [0.25, 0.3) is 0 Å². The number of allylic oxidation sites excluding steroid dienone is 2. The van der Waals surface area contributed by atoms with E-state index < -0.39 is 0 Å². The van der Waals surface area contributed by atoms with Gasteiger partial charge in [-0.1, -0.05) is 23.4 Å². The molecular weight excluding hydrogens is 360 g/mol. The van der Waals surface area contributed by atoms with Crippen LogP contribution in [0, 0.1) is 6.92 Å². The summed E-state index contributed by atoms with van der Waals surface area (Å²) in [6.45, 7) is 1.92. The Labute approximate surface area is 160 Å². The fourth-order valence-corrected chi connectivity index (χ4v) is 5.04. The zero-order chi connectivity index (χ0) is 18.5. The number of hydrogen-bond donors (Lipinski definition) is 2. The Hall–Kier alpha value is -2.86. The summed E-state index contributed by atoms with van der Waals surface area (Å²) in [5.74, 6) is 1.00. The molecule has 0 saturated heterocycles. The van der Waals surface area contributed by atoms with Crippen LogP contribution in [0.15, 0.2) is 57.6 Å². The summed E-state index contributed by atoms with van der Waals surface area (Å²) in [7, 11) is 0. The van der Waals surface area contributed by atoms with E-state index in [2.05, 4.69) is 16.5 Å². The fourth-order valence-electron chi connectivity index (χ4n) is 4.19. The van der Waals surface area contributed by atoms with E-state index in [4.69, 9.17) is 4.52 Å². The normalized spacial score (nSPS) is 21.6. The Morgan fingerprint density at radius 2 is 2.04 bits per heavy atom. The summed E-state index contributed by atoms with van der Waals surface area (Å²) < 4.78 is 5.52. The topological polar surface area (TPSA) is 75.4 Å². The second kappa shape index (κ2) is 6.09. The molecule has 136 valence electrons. The van der Waals surface area contributed by atoms with Crippen molar-refractivity contribution in [3.8, 4) is 5.75 Å². The molecule has 2 aromatic heterocycles. The predicted octanol–water partition coefficient (Wildman–Crippen LogP) is 4.71. The van der Waals surface area contributed by atoms with Crippen molar-refractivity contribution in [3.63, 3.8) is 0 Å². The fraction of sp³-hybridized carbons (Fsp3) is 0.238. The summed E-state index contributed by atoms with van der Waals surface area (Å²) >= 11 is 1.65. The zero-order valence-electron chi connectivity index (χ0n) is 14.7. The van der Waals surface area contributed by atoms with E-state index in [0.29, 0.717) is 12.3 Å². The maximum atomic E-state index is 13.2. The lowest BCUT2D eigenvalue weighted by Crippen LogP contribution is -2.29. The minimum atomic E-state index is -0.115. The van der Waals surface area contributed by atoms with Crippen LogP contribution in [0.3, 0.4) is 0 Å². The van der Waals surface area contributed by atoms with Gasteiger partial charge in [-0.3, -0.25) is 4.79 Å². The van der Waals surface area contributed by atoms with Gasteiger partial charge in [-0.15, -0.1) is 11.3 Å². The van der Waals surface area contributed by atoms with E-state index in [1.54, 1.807) is 23.5 Å². The molecule has 3 aromatic rings. The highest BCUT2D eigenvalue weighted by Crippen LogP contribution is 2.49. The number of nitrogens with one attached hydrogen (secondary N) is 1. The van der Waals surface area contributed by atoms with Gasteiger partial charge in [0.05, 0.1) is 17.2 Å². The number of benzene rings is 1. The summed E-state index contributed by atoms with van der Waals surface area (Å²) in [5, 5.41) is 19.0. The number of ketones is 1. The maximum absolute atomic E-state index is 13.2. The molecular formula is C21H18N2O3S. The number of phenols is 1. The number of aromatic hydroxyl groups is 1. The van der Waals surface area contributed by atoms with Crippen molar-refractivity contribution in [2.24, 2.45) is 0 Å². The number of carbonyl (C=O) groups excluding carboxylic acids is 1. The number of rotatable bonds is 2. The average molecular weight is 378 g/mol. The monoisotopic (exact) mass is 378 g/mol. The molecule has 0 fully saturated rings. The molecule has 1 aromatic carbocycles. The molecule has 2 unspecified atom stereocenters. The van der Waals surface area contributed by atoms with Gasteiger partial charge in [0.15, 0.2) is 5.78 Å². The lowest BCUT2D eigenvalue weighted by Gasteiger charge is -2.34. The van der Waals surface area contributed by atoms with Crippen molar-refractivity contribution in [3.05, 3.63) is 74.7 Å². The van der Waals surface area contributed by atoms with Crippen molar-refractivity contribution < 1.29 is 14.4 Å². The second-order valence-electron chi connectivity index (χ2n) is 7.10. The molecule has 2 N–H and O–H groups in total. The van der Waals surface area contributed by atoms with Gasteiger partial charge in [0.2, 0.25) is 5.88 Å². The maximum Gasteiger partial charge on any atom is 0.233 e. The SMILES string of the molecule is Cc1noc2c1C(c1cccs1)C1=C(CC(c3ccc(O)cc3)CC1=O)N2. The first kappa shape index (κ1) is 16.3. The first-order valence-corrected chi connectivity index (χ1v) is 9.81. The standard InChI is InChI=1S/C21H18N2O3S/c1-11-18-20(17-3-2-8-27-17)19-15(22-21(18)26-23-11)9-13(10-16(19)25)12-4-6-14(24)7-5-12/h2-8,13,20,22,24H,9-10H2,1H3. The van der Waals surface area contributed by atoms with E-state index in [1.807, 2.05) is 30.5 Å². The van der Waals surface area contributed by atoms with Gasteiger partial charge in [0.1, 0.15) is 5.75 Å². The number of fused-ring (bicyclic) bond motifs is 1. The molecule has 5 nitrogen and oxygen atoms in total.